The molecule has 0 N–H and O–H groups in total. The van der Waals surface area contributed by atoms with E-state index in [2.05, 4.69) is 47.1 Å². The van der Waals surface area contributed by atoms with Crippen LogP contribution in [0, 0.1) is 0 Å². The summed E-state index contributed by atoms with van der Waals surface area (Å²) in [4.78, 5) is 4.37. The van der Waals surface area contributed by atoms with Gasteiger partial charge < -0.3 is 4.57 Å². The molecule has 4 nitrogen and oxygen atoms in total. The Balaban J connectivity index is 2.95. The average Bonchev–Trinajstić information content (AvgIpc) is 2.35. The number of imidazole rings is 1. The topological polar surface area (TPSA) is 24.3 Å². The Kier molecular flexibility index (Phi) is 3.42. The molecule has 0 aliphatic rings. The molecule has 74 valence electrons. The second-order valence-corrected chi connectivity index (χ2v) is 5.90. The summed E-state index contributed by atoms with van der Waals surface area (Å²) in [7, 11) is 9.93. The summed E-state index contributed by atoms with van der Waals surface area (Å²) < 4.78 is 6.49. The third-order valence-corrected chi connectivity index (χ3v) is 4.04. The molecule has 0 saturated heterocycles. The minimum absolute atomic E-state index is 0.439. The molecule has 1 aromatic rings. The van der Waals surface area contributed by atoms with E-state index in [1.165, 1.54) is 0 Å². The monoisotopic (exact) mass is 200 g/mol. The van der Waals surface area contributed by atoms with E-state index in [1.807, 2.05) is 19.4 Å². The zero-order valence-electron chi connectivity index (χ0n) is 8.89. The van der Waals surface area contributed by atoms with Gasteiger partial charge >= 0.3 is 0 Å². The average molecular weight is 200 g/mol. The van der Waals surface area contributed by atoms with Gasteiger partial charge in [-0.1, -0.05) is 0 Å². The first-order valence-corrected chi connectivity index (χ1v) is 5.40. The van der Waals surface area contributed by atoms with E-state index in [-0.39, 0.29) is 0 Å². The van der Waals surface area contributed by atoms with E-state index in [1.54, 1.807) is 0 Å². The van der Waals surface area contributed by atoms with Gasteiger partial charge in [-0.05, 0) is 28.2 Å². The number of hydrogen-bond acceptors (Lipinski definition) is 3. The quantitative estimate of drug-likeness (QED) is 0.663. The molecular formula is C8H17N4P. The maximum absolute atomic E-state index is 4.37. The molecule has 0 atom stereocenters. The second-order valence-electron chi connectivity index (χ2n) is 3.32. The highest BCUT2D eigenvalue weighted by molar-refractivity contribution is 7.60. The molecule has 1 rings (SSSR count). The Bertz CT molecular complexity index is 261. The highest BCUT2D eigenvalue weighted by atomic mass is 31.1. The molecule has 5 heteroatoms. The summed E-state index contributed by atoms with van der Waals surface area (Å²) in [6.45, 7) is 0. The van der Waals surface area contributed by atoms with Crippen molar-refractivity contribution in [3.63, 3.8) is 0 Å². The van der Waals surface area contributed by atoms with E-state index in [0.29, 0.717) is 0 Å². The van der Waals surface area contributed by atoms with Gasteiger partial charge in [0.25, 0.3) is 0 Å². The van der Waals surface area contributed by atoms with Gasteiger partial charge in [0.2, 0.25) is 0 Å². The highest BCUT2D eigenvalue weighted by Gasteiger charge is 2.20. The molecule has 13 heavy (non-hydrogen) atoms. The summed E-state index contributed by atoms with van der Waals surface area (Å²) >= 11 is 0. The lowest BCUT2D eigenvalue weighted by Gasteiger charge is -2.28. The maximum Gasteiger partial charge on any atom is 0.162 e. The Morgan fingerprint density at radius 1 is 1.23 bits per heavy atom. The zero-order chi connectivity index (χ0) is 10.0. The van der Waals surface area contributed by atoms with Crippen LogP contribution >= 0.6 is 8.22 Å². The summed E-state index contributed by atoms with van der Waals surface area (Å²) in [6, 6.07) is 0. The lowest BCUT2D eigenvalue weighted by Crippen LogP contribution is -2.29. The highest BCUT2D eigenvalue weighted by Crippen LogP contribution is 2.37. The third-order valence-electron chi connectivity index (χ3n) is 1.73. The first-order valence-electron chi connectivity index (χ1n) is 4.16. The van der Waals surface area contributed by atoms with E-state index < -0.39 is 8.22 Å². The van der Waals surface area contributed by atoms with Gasteiger partial charge in [0.15, 0.2) is 5.57 Å². The van der Waals surface area contributed by atoms with Gasteiger partial charge in [-0.2, -0.15) is 0 Å². The molecule has 0 radical (unpaired) electrons. The predicted octanol–water partition coefficient (Wildman–Crippen LogP) is 0.480. The summed E-state index contributed by atoms with van der Waals surface area (Å²) in [6.07, 6.45) is 3.83. The van der Waals surface area contributed by atoms with Gasteiger partial charge in [0.05, 0.1) is 0 Å². The molecule has 1 aromatic heterocycles. The number of hydrogen-bond donors (Lipinski definition) is 0. The first-order chi connectivity index (χ1) is 6.04. The van der Waals surface area contributed by atoms with Crippen LogP contribution in [0.4, 0.5) is 0 Å². The van der Waals surface area contributed by atoms with E-state index in [0.717, 1.165) is 5.57 Å². The Morgan fingerprint density at radius 3 is 2.08 bits per heavy atom. The van der Waals surface area contributed by atoms with Gasteiger partial charge in [-0.15, -0.1) is 0 Å². The zero-order valence-corrected chi connectivity index (χ0v) is 9.79. The van der Waals surface area contributed by atoms with Crippen LogP contribution in [0.3, 0.4) is 0 Å². The van der Waals surface area contributed by atoms with Crippen molar-refractivity contribution in [1.82, 2.24) is 18.9 Å². The van der Waals surface area contributed by atoms with E-state index in [4.69, 9.17) is 0 Å². The molecule has 0 aliphatic heterocycles. The van der Waals surface area contributed by atoms with Crippen molar-refractivity contribution in [2.75, 3.05) is 28.2 Å². The lowest BCUT2D eigenvalue weighted by molar-refractivity contribution is 0.580. The molecule has 0 amide bonds. The van der Waals surface area contributed by atoms with Crippen LogP contribution in [0.25, 0.3) is 0 Å². The fraction of sp³-hybridized carbons (Fsp3) is 0.625. The normalized spacial score (nSPS) is 12.0. The number of aryl methyl sites for hydroxylation is 1. The van der Waals surface area contributed by atoms with Crippen molar-refractivity contribution in [2.45, 2.75) is 0 Å². The van der Waals surface area contributed by atoms with Crippen LogP contribution in [0.2, 0.25) is 0 Å². The molecule has 0 unspecified atom stereocenters. The molecule has 1 heterocycles. The minimum atomic E-state index is -0.439. The van der Waals surface area contributed by atoms with E-state index >= 15 is 0 Å². The summed E-state index contributed by atoms with van der Waals surface area (Å²) in [5.41, 5.74) is 1.13. The maximum atomic E-state index is 4.37. The van der Waals surface area contributed by atoms with Crippen molar-refractivity contribution in [3.05, 3.63) is 12.4 Å². The van der Waals surface area contributed by atoms with Crippen LogP contribution in [-0.2, 0) is 7.05 Å². The van der Waals surface area contributed by atoms with Crippen molar-refractivity contribution >= 4 is 13.8 Å². The van der Waals surface area contributed by atoms with E-state index in [9.17, 15) is 0 Å². The fourth-order valence-electron chi connectivity index (χ4n) is 1.27. The predicted molar refractivity (Wildman–Crippen MR) is 57.1 cm³/mol. The van der Waals surface area contributed by atoms with Crippen LogP contribution in [0.15, 0.2) is 12.4 Å². The van der Waals surface area contributed by atoms with Crippen molar-refractivity contribution in [2.24, 2.45) is 7.05 Å². The Morgan fingerprint density at radius 2 is 1.77 bits per heavy atom. The van der Waals surface area contributed by atoms with Crippen LogP contribution in [0.1, 0.15) is 0 Å². The third kappa shape index (κ3) is 2.27. The Hall–Kier alpha value is -0.440. The summed E-state index contributed by atoms with van der Waals surface area (Å²) in [5.74, 6) is 0. The fourth-order valence-corrected chi connectivity index (χ4v) is 3.22. The Labute approximate surface area is 81.0 Å². The van der Waals surface area contributed by atoms with Crippen LogP contribution < -0.4 is 5.57 Å². The van der Waals surface area contributed by atoms with Gasteiger partial charge in [-0.3, -0.25) is 9.34 Å². The largest absolute Gasteiger partial charge is 0.332 e. The van der Waals surface area contributed by atoms with Crippen LogP contribution in [0.5, 0.6) is 0 Å². The summed E-state index contributed by atoms with van der Waals surface area (Å²) in [5, 5.41) is 0. The van der Waals surface area contributed by atoms with Crippen molar-refractivity contribution in [1.29, 1.82) is 0 Å². The minimum Gasteiger partial charge on any atom is -0.332 e. The standard InChI is InChI=1S/C8H17N4P/c1-10(2)13(11(3)4)8-9-6-7-12(8)5/h6-7H,1-5H3. The number of rotatable bonds is 3. The molecule has 0 aromatic carbocycles. The lowest BCUT2D eigenvalue weighted by atomic mass is 10.9. The van der Waals surface area contributed by atoms with Crippen molar-refractivity contribution in [3.8, 4) is 0 Å². The van der Waals surface area contributed by atoms with Crippen LogP contribution in [-0.4, -0.2) is 47.1 Å². The molecule has 0 spiro atoms. The first kappa shape index (κ1) is 10.6. The van der Waals surface area contributed by atoms with Gasteiger partial charge in [0.1, 0.15) is 8.22 Å². The molecule has 0 aliphatic carbocycles. The molecule has 0 saturated carbocycles. The number of aromatic nitrogens is 2. The van der Waals surface area contributed by atoms with Crippen molar-refractivity contribution < 1.29 is 0 Å². The number of nitrogens with zero attached hydrogens (tertiary/aromatic N) is 4. The SMILES string of the molecule is CN(C)P(c1nccn1C)N(C)C. The molecule has 0 bridgehead atoms. The van der Waals surface area contributed by atoms with Gasteiger partial charge in [-0.25, -0.2) is 4.98 Å². The second kappa shape index (κ2) is 4.18. The van der Waals surface area contributed by atoms with Gasteiger partial charge in [0, 0.05) is 19.4 Å². The smallest absolute Gasteiger partial charge is 0.162 e. The molecule has 0 fully saturated rings. The molecular weight excluding hydrogens is 183 g/mol.